The standard InChI is InChI=1S/C20H23N3O3/c1-14-17(20(25)21-2)4-3-5-18(14)22-19(24)15-6-8-16(9-7-15)23-10-12-26-13-11-23/h3-9H,10-13H2,1-2H3,(H,21,25)(H,22,24). The molecule has 1 saturated heterocycles. The Labute approximate surface area is 153 Å². The normalized spacial score (nSPS) is 14.0. The average molecular weight is 353 g/mol. The zero-order chi connectivity index (χ0) is 18.5. The van der Waals surface area contributed by atoms with Gasteiger partial charge in [-0.1, -0.05) is 6.07 Å². The highest BCUT2D eigenvalue weighted by Gasteiger charge is 2.14. The first kappa shape index (κ1) is 17.9. The molecule has 3 rings (SSSR count). The topological polar surface area (TPSA) is 70.7 Å². The molecule has 0 saturated carbocycles. The van der Waals surface area contributed by atoms with E-state index in [1.807, 2.05) is 31.2 Å². The van der Waals surface area contributed by atoms with Gasteiger partial charge in [-0.2, -0.15) is 0 Å². The predicted octanol–water partition coefficient (Wildman–Crippen LogP) is 2.44. The monoisotopic (exact) mass is 353 g/mol. The van der Waals surface area contributed by atoms with Crippen LogP contribution >= 0.6 is 0 Å². The Morgan fingerprint density at radius 2 is 1.69 bits per heavy atom. The molecule has 0 radical (unpaired) electrons. The van der Waals surface area contributed by atoms with Crippen molar-refractivity contribution < 1.29 is 14.3 Å². The first-order chi connectivity index (χ1) is 12.6. The van der Waals surface area contributed by atoms with Gasteiger partial charge in [-0.25, -0.2) is 0 Å². The van der Waals surface area contributed by atoms with Crippen molar-refractivity contribution in [3.8, 4) is 0 Å². The number of nitrogens with one attached hydrogen (secondary N) is 2. The molecule has 0 bridgehead atoms. The number of morpholine rings is 1. The first-order valence-electron chi connectivity index (χ1n) is 8.66. The van der Waals surface area contributed by atoms with Crippen molar-refractivity contribution in [1.82, 2.24) is 5.32 Å². The van der Waals surface area contributed by atoms with Crippen molar-refractivity contribution in [1.29, 1.82) is 0 Å². The molecule has 1 heterocycles. The largest absolute Gasteiger partial charge is 0.378 e. The number of benzene rings is 2. The Balaban J connectivity index is 1.73. The third-order valence-electron chi connectivity index (χ3n) is 4.56. The number of carbonyl (C=O) groups excluding carboxylic acids is 2. The Kier molecular flexibility index (Phi) is 5.53. The van der Waals surface area contributed by atoms with Crippen LogP contribution in [0.25, 0.3) is 0 Å². The zero-order valence-electron chi connectivity index (χ0n) is 15.0. The average Bonchev–Trinajstić information content (AvgIpc) is 2.69. The molecular weight excluding hydrogens is 330 g/mol. The number of amides is 2. The van der Waals surface area contributed by atoms with Gasteiger partial charge in [-0.05, 0) is 48.9 Å². The number of hydrogen-bond donors (Lipinski definition) is 2. The van der Waals surface area contributed by atoms with E-state index in [1.54, 1.807) is 25.2 Å². The van der Waals surface area contributed by atoms with E-state index in [4.69, 9.17) is 4.74 Å². The van der Waals surface area contributed by atoms with Gasteiger partial charge in [0.1, 0.15) is 0 Å². The van der Waals surface area contributed by atoms with Crippen LogP contribution in [0.5, 0.6) is 0 Å². The van der Waals surface area contributed by atoms with Crippen LogP contribution in [0.15, 0.2) is 42.5 Å². The molecule has 2 amide bonds. The summed E-state index contributed by atoms with van der Waals surface area (Å²) < 4.78 is 5.36. The summed E-state index contributed by atoms with van der Waals surface area (Å²) in [7, 11) is 1.59. The number of hydrogen-bond acceptors (Lipinski definition) is 4. The Morgan fingerprint density at radius 1 is 1.00 bits per heavy atom. The molecule has 26 heavy (non-hydrogen) atoms. The van der Waals surface area contributed by atoms with E-state index in [-0.39, 0.29) is 11.8 Å². The van der Waals surface area contributed by atoms with Gasteiger partial charge in [-0.15, -0.1) is 0 Å². The minimum atomic E-state index is -0.198. The molecule has 6 nitrogen and oxygen atoms in total. The van der Waals surface area contributed by atoms with E-state index >= 15 is 0 Å². The van der Waals surface area contributed by atoms with Crippen LogP contribution in [-0.4, -0.2) is 45.2 Å². The molecule has 136 valence electrons. The summed E-state index contributed by atoms with van der Waals surface area (Å²) >= 11 is 0. The lowest BCUT2D eigenvalue weighted by atomic mass is 10.1. The molecular formula is C20H23N3O3. The van der Waals surface area contributed by atoms with E-state index in [0.29, 0.717) is 16.8 Å². The second-order valence-corrected chi connectivity index (χ2v) is 6.16. The van der Waals surface area contributed by atoms with E-state index in [1.165, 1.54) is 0 Å². The summed E-state index contributed by atoms with van der Waals surface area (Å²) in [5.74, 6) is -0.371. The summed E-state index contributed by atoms with van der Waals surface area (Å²) in [5.41, 5.74) is 3.58. The van der Waals surface area contributed by atoms with Crippen molar-refractivity contribution in [3.63, 3.8) is 0 Å². The number of carbonyl (C=O) groups is 2. The maximum absolute atomic E-state index is 12.6. The first-order valence-corrected chi connectivity index (χ1v) is 8.66. The third kappa shape index (κ3) is 3.86. The van der Waals surface area contributed by atoms with Crippen LogP contribution in [0.3, 0.4) is 0 Å². The van der Waals surface area contributed by atoms with Crippen molar-refractivity contribution in [2.75, 3.05) is 43.6 Å². The molecule has 0 aromatic heterocycles. The van der Waals surface area contributed by atoms with Crippen molar-refractivity contribution in [3.05, 3.63) is 59.2 Å². The van der Waals surface area contributed by atoms with Crippen molar-refractivity contribution >= 4 is 23.2 Å². The van der Waals surface area contributed by atoms with Gasteiger partial charge in [0.15, 0.2) is 0 Å². The number of anilines is 2. The van der Waals surface area contributed by atoms with E-state index < -0.39 is 0 Å². The molecule has 0 spiro atoms. The van der Waals surface area contributed by atoms with Gasteiger partial charge in [0.05, 0.1) is 13.2 Å². The quantitative estimate of drug-likeness (QED) is 0.886. The van der Waals surface area contributed by atoms with E-state index in [9.17, 15) is 9.59 Å². The molecule has 0 unspecified atom stereocenters. The van der Waals surface area contributed by atoms with Crippen LogP contribution in [0.1, 0.15) is 26.3 Å². The second-order valence-electron chi connectivity index (χ2n) is 6.16. The lowest BCUT2D eigenvalue weighted by Gasteiger charge is -2.28. The predicted molar refractivity (Wildman–Crippen MR) is 102 cm³/mol. The maximum Gasteiger partial charge on any atom is 0.255 e. The third-order valence-corrected chi connectivity index (χ3v) is 4.56. The fraction of sp³-hybridized carbons (Fsp3) is 0.300. The zero-order valence-corrected chi connectivity index (χ0v) is 15.0. The molecule has 2 N–H and O–H groups in total. The summed E-state index contributed by atoms with van der Waals surface area (Å²) in [5, 5.41) is 5.50. The molecule has 1 aliphatic heterocycles. The fourth-order valence-electron chi connectivity index (χ4n) is 2.99. The maximum atomic E-state index is 12.6. The van der Waals surface area contributed by atoms with Gasteiger partial charge in [-0.3, -0.25) is 9.59 Å². The van der Waals surface area contributed by atoms with Crippen molar-refractivity contribution in [2.45, 2.75) is 6.92 Å². The van der Waals surface area contributed by atoms with Crippen LogP contribution < -0.4 is 15.5 Å². The van der Waals surface area contributed by atoms with Crippen LogP contribution in [0.2, 0.25) is 0 Å². The van der Waals surface area contributed by atoms with Crippen LogP contribution in [0, 0.1) is 6.92 Å². The lowest BCUT2D eigenvalue weighted by molar-refractivity contribution is 0.0960. The van der Waals surface area contributed by atoms with E-state index in [0.717, 1.165) is 37.6 Å². The van der Waals surface area contributed by atoms with Gasteiger partial charge in [0, 0.05) is 42.6 Å². The smallest absolute Gasteiger partial charge is 0.255 e. The number of ether oxygens (including phenoxy) is 1. The van der Waals surface area contributed by atoms with E-state index in [2.05, 4.69) is 15.5 Å². The molecule has 0 aliphatic carbocycles. The Hall–Kier alpha value is -2.86. The fourth-order valence-corrected chi connectivity index (χ4v) is 2.99. The van der Waals surface area contributed by atoms with Gasteiger partial charge in [0.2, 0.25) is 0 Å². The highest BCUT2D eigenvalue weighted by Crippen LogP contribution is 2.21. The SMILES string of the molecule is CNC(=O)c1cccc(NC(=O)c2ccc(N3CCOCC3)cc2)c1C. The second kappa shape index (κ2) is 8.01. The molecule has 1 fully saturated rings. The van der Waals surface area contributed by atoms with Gasteiger partial charge in [0.25, 0.3) is 11.8 Å². The summed E-state index contributed by atoms with van der Waals surface area (Å²) in [4.78, 5) is 26.7. The van der Waals surface area contributed by atoms with Gasteiger partial charge >= 0.3 is 0 Å². The summed E-state index contributed by atoms with van der Waals surface area (Å²) in [6.45, 7) is 4.99. The molecule has 2 aromatic carbocycles. The molecule has 0 atom stereocenters. The van der Waals surface area contributed by atoms with Crippen LogP contribution in [0.4, 0.5) is 11.4 Å². The molecule has 2 aromatic rings. The Morgan fingerprint density at radius 3 is 2.35 bits per heavy atom. The highest BCUT2D eigenvalue weighted by atomic mass is 16.5. The number of rotatable bonds is 4. The summed E-state index contributed by atoms with van der Waals surface area (Å²) in [6, 6.07) is 12.8. The number of nitrogens with zero attached hydrogens (tertiary/aromatic N) is 1. The van der Waals surface area contributed by atoms with Gasteiger partial charge < -0.3 is 20.3 Å². The minimum absolute atomic E-state index is 0.173. The summed E-state index contributed by atoms with van der Waals surface area (Å²) in [6.07, 6.45) is 0. The van der Waals surface area contributed by atoms with Crippen LogP contribution in [-0.2, 0) is 4.74 Å². The molecule has 1 aliphatic rings. The lowest BCUT2D eigenvalue weighted by Crippen LogP contribution is -2.36. The van der Waals surface area contributed by atoms with Crippen molar-refractivity contribution in [2.24, 2.45) is 0 Å². The molecule has 6 heteroatoms. The Bertz CT molecular complexity index is 796. The minimum Gasteiger partial charge on any atom is -0.378 e. The highest BCUT2D eigenvalue weighted by molar-refractivity contribution is 6.06.